The van der Waals surface area contributed by atoms with Gasteiger partial charge in [-0.15, -0.1) is 0 Å². The topological polar surface area (TPSA) is 179 Å². The maximum atomic E-state index is 12.2. The van der Waals surface area contributed by atoms with Gasteiger partial charge in [0.1, 0.15) is 48.0 Å². The molecular formula is C47H47N7O7. The second-order valence-electron chi connectivity index (χ2n) is 16.3. The molecule has 0 atom stereocenters. The number of rotatable bonds is 10. The standard InChI is InChI=1S/C25H25N3O3.C22H22N4O4/c1-25(2,3)22-15-23(28-31-22)27-24(29)26-20-10-12-21(13-11-20)30-16-17-8-9-18-6-4-5-7-19(18)14-17;1-22(2,3)19-11-20(26-30-19)24-21(27)23-16-6-8-17(9-7-16)28-12-14-4-5-15-13-29-25-18(15)10-14/h4-15H,16H2,1-3H3,(H2,26,27,28,29);4-11,13H,12H2,1-3H3,(H2,23,24,26,27). The summed E-state index contributed by atoms with van der Waals surface area (Å²) in [6.45, 7) is 12.9. The smallest absolute Gasteiger partial charge is 0.324 e. The maximum Gasteiger partial charge on any atom is 0.324 e. The van der Waals surface area contributed by atoms with Gasteiger partial charge < -0.3 is 33.7 Å². The van der Waals surface area contributed by atoms with Crippen molar-refractivity contribution in [1.29, 1.82) is 0 Å². The van der Waals surface area contributed by atoms with Gasteiger partial charge in [0.15, 0.2) is 11.6 Å². The molecule has 0 saturated heterocycles. The van der Waals surface area contributed by atoms with E-state index in [0.29, 0.717) is 53.5 Å². The molecule has 8 rings (SSSR count). The molecule has 3 aromatic heterocycles. The summed E-state index contributed by atoms with van der Waals surface area (Å²) >= 11 is 0. The molecule has 312 valence electrons. The number of benzene rings is 5. The van der Waals surface area contributed by atoms with Crippen LogP contribution in [0, 0.1) is 0 Å². The average Bonchev–Trinajstić information content (AvgIpc) is 4.02. The van der Waals surface area contributed by atoms with E-state index in [1.54, 1.807) is 54.8 Å². The van der Waals surface area contributed by atoms with E-state index in [1.165, 1.54) is 10.8 Å². The van der Waals surface area contributed by atoms with Gasteiger partial charge in [-0.05, 0) is 88.6 Å². The highest BCUT2D eigenvalue weighted by Gasteiger charge is 2.21. The molecule has 5 aromatic carbocycles. The van der Waals surface area contributed by atoms with Gasteiger partial charge >= 0.3 is 12.1 Å². The van der Waals surface area contributed by atoms with Gasteiger partial charge in [0.25, 0.3) is 0 Å². The number of ether oxygens (including phenoxy) is 2. The summed E-state index contributed by atoms with van der Waals surface area (Å²) < 4.78 is 27.2. The third-order valence-corrected chi connectivity index (χ3v) is 9.26. The van der Waals surface area contributed by atoms with Gasteiger partial charge in [-0.3, -0.25) is 10.6 Å². The number of amides is 4. The molecule has 0 saturated carbocycles. The summed E-state index contributed by atoms with van der Waals surface area (Å²) in [4.78, 5) is 24.4. The predicted octanol–water partition coefficient (Wildman–Crippen LogP) is 11.7. The number of hydrogen-bond donors (Lipinski definition) is 4. The van der Waals surface area contributed by atoms with E-state index in [1.807, 2.05) is 84.0 Å². The van der Waals surface area contributed by atoms with E-state index in [2.05, 4.69) is 67.1 Å². The Morgan fingerprint density at radius 2 is 1.00 bits per heavy atom. The van der Waals surface area contributed by atoms with Crippen LogP contribution in [-0.2, 0) is 24.0 Å². The van der Waals surface area contributed by atoms with E-state index < -0.39 is 12.1 Å². The first-order chi connectivity index (χ1) is 29.2. The third kappa shape index (κ3) is 11.5. The highest BCUT2D eigenvalue weighted by molar-refractivity contribution is 5.99. The van der Waals surface area contributed by atoms with E-state index in [-0.39, 0.29) is 10.8 Å². The molecule has 14 nitrogen and oxygen atoms in total. The zero-order chi connectivity index (χ0) is 43.0. The first-order valence-electron chi connectivity index (χ1n) is 19.6. The van der Waals surface area contributed by atoms with Crippen LogP contribution in [0.1, 0.15) is 64.2 Å². The van der Waals surface area contributed by atoms with Crippen molar-refractivity contribution in [2.75, 3.05) is 21.3 Å². The van der Waals surface area contributed by atoms with Crippen LogP contribution < -0.4 is 30.7 Å². The van der Waals surface area contributed by atoms with Gasteiger partial charge in [-0.25, -0.2) is 9.59 Å². The highest BCUT2D eigenvalue weighted by Crippen LogP contribution is 2.27. The van der Waals surface area contributed by atoms with Crippen LogP contribution >= 0.6 is 0 Å². The quantitative estimate of drug-likeness (QED) is 0.104. The molecule has 61 heavy (non-hydrogen) atoms. The van der Waals surface area contributed by atoms with Crippen LogP contribution in [0.25, 0.3) is 21.7 Å². The Bertz CT molecular complexity index is 2720. The molecule has 0 radical (unpaired) electrons. The van der Waals surface area contributed by atoms with Crippen molar-refractivity contribution in [1.82, 2.24) is 15.5 Å². The molecule has 3 heterocycles. The first-order valence-corrected chi connectivity index (χ1v) is 19.6. The second kappa shape index (κ2) is 18.1. The lowest BCUT2D eigenvalue weighted by Crippen LogP contribution is -2.19. The zero-order valence-corrected chi connectivity index (χ0v) is 34.7. The number of nitrogens with zero attached hydrogens (tertiary/aromatic N) is 3. The van der Waals surface area contributed by atoms with Crippen LogP contribution in [0.2, 0.25) is 0 Å². The Kier molecular flexibility index (Phi) is 12.3. The van der Waals surface area contributed by atoms with E-state index >= 15 is 0 Å². The normalized spacial score (nSPS) is 11.4. The fraction of sp³-hybridized carbons (Fsp3) is 0.213. The number of urea groups is 2. The van der Waals surface area contributed by atoms with Crippen LogP contribution in [0.5, 0.6) is 11.5 Å². The Labute approximate surface area is 352 Å². The molecule has 14 heteroatoms. The predicted molar refractivity (Wildman–Crippen MR) is 235 cm³/mol. The van der Waals surface area contributed by atoms with Crippen LogP contribution in [0.15, 0.2) is 141 Å². The molecule has 4 amide bonds. The molecule has 0 fully saturated rings. The lowest BCUT2D eigenvalue weighted by atomic mass is 9.93. The van der Waals surface area contributed by atoms with Crippen molar-refractivity contribution < 1.29 is 32.6 Å². The van der Waals surface area contributed by atoms with Crippen molar-refractivity contribution in [3.8, 4) is 11.5 Å². The van der Waals surface area contributed by atoms with E-state index in [4.69, 9.17) is 23.0 Å². The number of hydrogen-bond acceptors (Lipinski definition) is 10. The molecular weight excluding hydrogens is 775 g/mol. The van der Waals surface area contributed by atoms with E-state index in [9.17, 15) is 9.59 Å². The summed E-state index contributed by atoms with van der Waals surface area (Å²) in [6, 6.07) is 37.3. The third-order valence-electron chi connectivity index (χ3n) is 9.26. The molecule has 0 aliphatic rings. The summed E-state index contributed by atoms with van der Waals surface area (Å²) in [5.74, 6) is 3.55. The molecule has 0 unspecified atom stereocenters. The Hall–Kier alpha value is -7.61. The average molecular weight is 822 g/mol. The molecule has 0 aliphatic carbocycles. The van der Waals surface area contributed by atoms with Crippen LogP contribution in [0.3, 0.4) is 0 Å². The monoisotopic (exact) mass is 821 g/mol. The minimum absolute atomic E-state index is 0.175. The van der Waals surface area contributed by atoms with E-state index in [0.717, 1.165) is 27.8 Å². The Balaban J connectivity index is 0.000000184. The summed E-state index contributed by atoms with van der Waals surface area (Å²) in [6.07, 6.45) is 1.61. The number of anilines is 4. The van der Waals surface area contributed by atoms with Crippen molar-refractivity contribution >= 4 is 56.7 Å². The molecule has 4 N–H and O–H groups in total. The summed E-state index contributed by atoms with van der Waals surface area (Å²) in [5.41, 5.74) is 3.80. The Morgan fingerprint density at radius 1 is 0.525 bits per heavy atom. The summed E-state index contributed by atoms with van der Waals surface area (Å²) in [5, 5.41) is 25.9. The fourth-order valence-corrected chi connectivity index (χ4v) is 5.86. The molecule has 8 aromatic rings. The number of fused-ring (bicyclic) bond motifs is 2. The van der Waals surface area contributed by atoms with Crippen molar-refractivity contribution in [2.24, 2.45) is 0 Å². The minimum atomic E-state index is -0.404. The van der Waals surface area contributed by atoms with Gasteiger partial charge in [-0.1, -0.05) is 99.5 Å². The second-order valence-corrected chi connectivity index (χ2v) is 16.3. The Morgan fingerprint density at radius 3 is 1.49 bits per heavy atom. The lowest BCUT2D eigenvalue weighted by Gasteiger charge is -2.12. The summed E-state index contributed by atoms with van der Waals surface area (Å²) in [7, 11) is 0. The van der Waals surface area contributed by atoms with Gasteiger partial charge in [0, 0.05) is 39.7 Å². The first kappa shape index (κ1) is 41.5. The molecule has 0 spiro atoms. The molecule has 0 aliphatic heterocycles. The van der Waals surface area contributed by atoms with Crippen molar-refractivity contribution in [3.05, 3.63) is 150 Å². The SMILES string of the molecule is CC(C)(C)c1cc(NC(=O)Nc2ccc(OCc3ccc4ccccc4c3)cc2)no1.CC(C)(C)c1cc(NC(=O)Nc2ccc(OCc3ccc4conc4c3)cc2)no1. The number of aromatic nitrogens is 3. The fourth-order valence-electron chi connectivity index (χ4n) is 5.86. The van der Waals surface area contributed by atoms with Gasteiger partial charge in [0.05, 0.1) is 0 Å². The van der Waals surface area contributed by atoms with Crippen LogP contribution in [-0.4, -0.2) is 27.5 Å². The van der Waals surface area contributed by atoms with Crippen molar-refractivity contribution in [3.63, 3.8) is 0 Å². The number of carbonyl (C=O) groups is 2. The minimum Gasteiger partial charge on any atom is -0.489 e. The van der Waals surface area contributed by atoms with Gasteiger partial charge in [0.2, 0.25) is 0 Å². The van der Waals surface area contributed by atoms with Crippen LogP contribution in [0.4, 0.5) is 32.6 Å². The zero-order valence-electron chi connectivity index (χ0n) is 34.7. The number of nitrogens with one attached hydrogen (secondary N) is 4. The molecule has 0 bridgehead atoms. The van der Waals surface area contributed by atoms with Gasteiger partial charge in [-0.2, -0.15) is 0 Å². The maximum absolute atomic E-state index is 12.2. The lowest BCUT2D eigenvalue weighted by molar-refractivity contribution is 0.261. The number of carbonyl (C=O) groups excluding carboxylic acids is 2. The highest BCUT2D eigenvalue weighted by atomic mass is 16.5. The largest absolute Gasteiger partial charge is 0.489 e. The van der Waals surface area contributed by atoms with Crippen molar-refractivity contribution in [2.45, 2.75) is 65.6 Å².